The summed E-state index contributed by atoms with van der Waals surface area (Å²) in [5, 5.41) is 5.28. The molecule has 1 aliphatic carbocycles. The molecule has 0 amide bonds. The van der Waals surface area contributed by atoms with Crippen LogP contribution in [-0.2, 0) is 0 Å². The van der Waals surface area contributed by atoms with Crippen LogP contribution in [0.15, 0.2) is 11.2 Å². The van der Waals surface area contributed by atoms with E-state index < -0.39 is 0 Å². The van der Waals surface area contributed by atoms with Crippen LogP contribution in [-0.4, -0.2) is 10.7 Å². The van der Waals surface area contributed by atoms with Gasteiger partial charge in [-0.3, -0.25) is 5.43 Å². The van der Waals surface area contributed by atoms with Crippen molar-refractivity contribution in [1.82, 2.24) is 4.98 Å². The number of nitrogens with zero attached hydrogens (tertiary/aromatic N) is 2. The highest BCUT2D eigenvalue weighted by atomic mass is 35.5. The molecule has 0 unspecified atom stereocenters. The van der Waals surface area contributed by atoms with Gasteiger partial charge in [-0.2, -0.15) is 5.10 Å². The van der Waals surface area contributed by atoms with Gasteiger partial charge in [0.15, 0.2) is 5.82 Å². The smallest absolute Gasteiger partial charge is 0.166 e. The Morgan fingerprint density at radius 1 is 1.06 bits per heavy atom. The van der Waals surface area contributed by atoms with E-state index in [-0.39, 0.29) is 5.15 Å². The van der Waals surface area contributed by atoms with Crippen molar-refractivity contribution in [3.05, 3.63) is 21.3 Å². The Labute approximate surface area is 115 Å². The minimum absolute atomic E-state index is 0.224. The third-order valence-corrected chi connectivity index (χ3v) is 3.60. The zero-order chi connectivity index (χ0) is 12.3. The number of halogens is 3. The van der Waals surface area contributed by atoms with Crippen LogP contribution in [0.25, 0.3) is 0 Å². The maximum absolute atomic E-state index is 5.98. The fraction of sp³-hybridized carbons (Fsp3) is 0.455. The van der Waals surface area contributed by atoms with Gasteiger partial charge in [0.25, 0.3) is 0 Å². The second-order valence-electron chi connectivity index (χ2n) is 3.94. The molecule has 1 N–H and O–H groups in total. The van der Waals surface area contributed by atoms with Crippen molar-refractivity contribution in [3.63, 3.8) is 0 Å². The molecule has 0 aliphatic heterocycles. The first-order valence-corrected chi connectivity index (χ1v) is 6.63. The van der Waals surface area contributed by atoms with E-state index in [1.807, 2.05) is 0 Å². The van der Waals surface area contributed by atoms with Crippen molar-refractivity contribution < 1.29 is 0 Å². The number of nitrogens with one attached hydrogen (secondary N) is 1. The molecule has 0 aromatic carbocycles. The summed E-state index contributed by atoms with van der Waals surface area (Å²) < 4.78 is 0. The third kappa shape index (κ3) is 3.47. The number of hydrogen-bond donors (Lipinski definition) is 1. The molecule has 0 spiro atoms. The fourth-order valence-corrected chi connectivity index (χ4v) is 2.27. The van der Waals surface area contributed by atoms with E-state index in [2.05, 4.69) is 15.5 Å². The summed E-state index contributed by atoms with van der Waals surface area (Å²) in [7, 11) is 0. The quantitative estimate of drug-likeness (QED) is 0.629. The standard InChI is InChI=1S/C11H12Cl3N3/c12-8-6-9(13)11(15-10(8)14)17-16-7-4-2-1-3-5-7/h6H,1-5H2,(H,15,17). The average Bonchev–Trinajstić information content (AvgIpc) is 2.33. The van der Waals surface area contributed by atoms with E-state index in [0.29, 0.717) is 15.9 Å². The van der Waals surface area contributed by atoms with E-state index in [4.69, 9.17) is 34.8 Å². The molecular weight excluding hydrogens is 281 g/mol. The topological polar surface area (TPSA) is 37.3 Å². The lowest BCUT2D eigenvalue weighted by molar-refractivity contribution is 0.665. The van der Waals surface area contributed by atoms with E-state index in [1.165, 1.54) is 19.3 Å². The van der Waals surface area contributed by atoms with Gasteiger partial charge in [0, 0.05) is 5.71 Å². The highest BCUT2D eigenvalue weighted by Crippen LogP contribution is 2.29. The van der Waals surface area contributed by atoms with Crippen LogP contribution in [0.2, 0.25) is 15.2 Å². The lowest BCUT2D eigenvalue weighted by atomic mass is 9.99. The zero-order valence-electron chi connectivity index (χ0n) is 9.14. The Morgan fingerprint density at radius 3 is 2.47 bits per heavy atom. The van der Waals surface area contributed by atoms with Crippen LogP contribution in [0, 0.1) is 0 Å². The van der Waals surface area contributed by atoms with Gasteiger partial charge < -0.3 is 0 Å². The minimum atomic E-state index is 0.224. The highest BCUT2D eigenvalue weighted by molar-refractivity contribution is 6.42. The van der Waals surface area contributed by atoms with Crippen molar-refractivity contribution >= 4 is 46.3 Å². The molecule has 1 saturated carbocycles. The summed E-state index contributed by atoms with van der Waals surface area (Å²) in [5.74, 6) is 0.444. The van der Waals surface area contributed by atoms with Crippen molar-refractivity contribution in [2.45, 2.75) is 32.1 Å². The summed E-state index contributed by atoms with van der Waals surface area (Å²) >= 11 is 17.6. The SMILES string of the molecule is Clc1cc(Cl)c(NN=C2CCCCC2)nc1Cl. The maximum Gasteiger partial charge on any atom is 0.166 e. The first-order chi connectivity index (χ1) is 8.16. The van der Waals surface area contributed by atoms with Crippen LogP contribution < -0.4 is 5.43 Å². The first kappa shape index (κ1) is 12.9. The van der Waals surface area contributed by atoms with Crippen LogP contribution in [0.5, 0.6) is 0 Å². The summed E-state index contributed by atoms with van der Waals surface area (Å²) in [6.07, 6.45) is 5.74. The van der Waals surface area contributed by atoms with Crippen LogP contribution >= 0.6 is 34.8 Å². The lowest BCUT2D eigenvalue weighted by Gasteiger charge is -2.12. The van der Waals surface area contributed by atoms with E-state index in [9.17, 15) is 0 Å². The largest absolute Gasteiger partial charge is 0.260 e. The van der Waals surface area contributed by atoms with Gasteiger partial charge in [-0.05, 0) is 31.7 Å². The van der Waals surface area contributed by atoms with Gasteiger partial charge in [-0.25, -0.2) is 4.98 Å². The van der Waals surface area contributed by atoms with Gasteiger partial charge in [0.1, 0.15) is 5.15 Å². The third-order valence-electron chi connectivity index (χ3n) is 2.64. The molecule has 0 bridgehead atoms. The molecule has 1 aromatic heterocycles. The Morgan fingerprint density at radius 2 is 1.76 bits per heavy atom. The number of rotatable bonds is 2. The predicted octanol–water partition coefficient (Wildman–Crippen LogP) is 4.77. The van der Waals surface area contributed by atoms with Gasteiger partial charge in [-0.1, -0.05) is 41.2 Å². The molecule has 92 valence electrons. The number of anilines is 1. The van der Waals surface area contributed by atoms with Crippen molar-refractivity contribution in [2.24, 2.45) is 5.10 Å². The average molecular weight is 293 g/mol. The van der Waals surface area contributed by atoms with Gasteiger partial charge in [-0.15, -0.1) is 0 Å². The van der Waals surface area contributed by atoms with E-state index in [0.717, 1.165) is 18.6 Å². The maximum atomic E-state index is 5.98. The Kier molecular flexibility index (Phi) is 4.48. The van der Waals surface area contributed by atoms with Gasteiger partial charge in [0.05, 0.1) is 10.0 Å². The zero-order valence-corrected chi connectivity index (χ0v) is 11.4. The molecule has 1 aromatic rings. The fourth-order valence-electron chi connectivity index (χ4n) is 1.73. The van der Waals surface area contributed by atoms with Crippen LogP contribution in [0.1, 0.15) is 32.1 Å². The number of aromatic nitrogens is 1. The molecular formula is C11H12Cl3N3. The Balaban J connectivity index is 2.10. The van der Waals surface area contributed by atoms with Crippen LogP contribution in [0.3, 0.4) is 0 Å². The summed E-state index contributed by atoms with van der Waals surface area (Å²) in [4.78, 5) is 4.04. The number of hydrazone groups is 1. The Hall–Kier alpha value is -0.510. The van der Waals surface area contributed by atoms with E-state index >= 15 is 0 Å². The number of hydrogen-bond acceptors (Lipinski definition) is 3. The van der Waals surface area contributed by atoms with Gasteiger partial charge in [0.2, 0.25) is 0 Å². The second-order valence-corrected chi connectivity index (χ2v) is 5.11. The first-order valence-electron chi connectivity index (χ1n) is 5.50. The molecule has 1 aliphatic rings. The molecule has 3 nitrogen and oxygen atoms in total. The summed E-state index contributed by atoms with van der Waals surface area (Å²) in [5.41, 5.74) is 4.01. The highest BCUT2D eigenvalue weighted by Gasteiger charge is 2.09. The minimum Gasteiger partial charge on any atom is -0.260 e. The van der Waals surface area contributed by atoms with Crippen molar-refractivity contribution in [1.29, 1.82) is 0 Å². The molecule has 0 radical (unpaired) electrons. The molecule has 1 fully saturated rings. The summed E-state index contributed by atoms with van der Waals surface area (Å²) in [6, 6.07) is 1.56. The van der Waals surface area contributed by atoms with E-state index in [1.54, 1.807) is 6.07 Å². The Bertz CT molecular complexity index is 438. The molecule has 0 atom stereocenters. The lowest BCUT2D eigenvalue weighted by Crippen LogP contribution is -2.07. The predicted molar refractivity (Wildman–Crippen MR) is 73.4 cm³/mol. The molecule has 17 heavy (non-hydrogen) atoms. The monoisotopic (exact) mass is 291 g/mol. The summed E-state index contributed by atoms with van der Waals surface area (Å²) in [6.45, 7) is 0. The van der Waals surface area contributed by atoms with Crippen molar-refractivity contribution in [2.75, 3.05) is 5.43 Å². The second kappa shape index (κ2) is 5.89. The molecule has 1 heterocycles. The molecule has 2 rings (SSSR count). The number of pyridine rings is 1. The normalized spacial score (nSPS) is 15.8. The molecule has 0 saturated heterocycles. The molecule has 6 heteroatoms. The van der Waals surface area contributed by atoms with Crippen molar-refractivity contribution in [3.8, 4) is 0 Å². The van der Waals surface area contributed by atoms with Crippen LogP contribution in [0.4, 0.5) is 5.82 Å². The van der Waals surface area contributed by atoms with Gasteiger partial charge >= 0.3 is 0 Å².